The molecule has 8 nitrogen and oxygen atoms in total. The molecule has 0 aliphatic heterocycles. The van der Waals surface area contributed by atoms with Gasteiger partial charge in [0, 0.05) is 5.69 Å². The molecule has 0 saturated carbocycles. The van der Waals surface area contributed by atoms with Gasteiger partial charge in [0.15, 0.2) is 0 Å². The first kappa shape index (κ1) is 21.5. The molecule has 0 saturated heterocycles. The van der Waals surface area contributed by atoms with E-state index in [4.69, 9.17) is 9.47 Å². The van der Waals surface area contributed by atoms with E-state index in [1.54, 1.807) is 39.8 Å². The predicted molar refractivity (Wildman–Crippen MR) is 106 cm³/mol. The van der Waals surface area contributed by atoms with Gasteiger partial charge >= 0.3 is 5.97 Å². The molecule has 0 fully saturated rings. The molecule has 1 aromatic carbocycles. The molecule has 9 heteroatoms. The summed E-state index contributed by atoms with van der Waals surface area (Å²) in [6.45, 7) is 9.50. The molecule has 0 amide bonds. The van der Waals surface area contributed by atoms with E-state index >= 15 is 0 Å². The topological polar surface area (TPSA) is 110 Å². The van der Waals surface area contributed by atoms with Crippen LogP contribution in [-0.2, 0) is 14.8 Å². The third-order valence-electron chi connectivity index (χ3n) is 4.06. The molecule has 1 aromatic heterocycles. The van der Waals surface area contributed by atoms with Crippen molar-refractivity contribution in [3.8, 4) is 5.75 Å². The lowest BCUT2D eigenvalue weighted by Gasteiger charge is -2.07. The lowest BCUT2D eigenvalue weighted by Crippen LogP contribution is -2.20. The van der Waals surface area contributed by atoms with Crippen molar-refractivity contribution in [1.82, 2.24) is 9.82 Å². The van der Waals surface area contributed by atoms with E-state index in [0.29, 0.717) is 40.6 Å². The van der Waals surface area contributed by atoms with Gasteiger partial charge in [0.2, 0.25) is 0 Å². The predicted octanol–water partition coefficient (Wildman–Crippen LogP) is 2.91. The van der Waals surface area contributed by atoms with Crippen molar-refractivity contribution in [2.75, 3.05) is 13.2 Å². The average molecular weight is 407 g/mol. The first-order valence-electron chi connectivity index (χ1n) is 8.86. The molecule has 0 spiro atoms. The van der Waals surface area contributed by atoms with E-state index < -0.39 is 16.0 Å². The Kier molecular flexibility index (Phi) is 6.85. The Bertz CT molecular complexity index is 976. The van der Waals surface area contributed by atoms with Crippen LogP contribution in [0.2, 0.25) is 0 Å². The Morgan fingerprint density at radius 1 is 1.14 bits per heavy atom. The maximum Gasteiger partial charge on any atom is 0.340 e. The number of aromatic nitrogens is 1. The highest BCUT2D eigenvalue weighted by Gasteiger charge is 2.21. The van der Waals surface area contributed by atoms with Gasteiger partial charge in [-0.1, -0.05) is 0 Å². The summed E-state index contributed by atoms with van der Waals surface area (Å²) in [7, 11) is -3.83. The van der Waals surface area contributed by atoms with E-state index in [-0.39, 0.29) is 11.5 Å². The molecule has 0 radical (unpaired) electrons. The maximum atomic E-state index is 12.4. The molecule has 2 aromatic rings. The molecule has 28 heavy (non-hydrogen) atoms. The second kappa shape index (κ2) is 8.92. The molecule has 152 valence electrons. The number of carbonyl (C=O) groups excluding carboxylic acids is 1. The standard InChI is InChI=1S/C19H25N3O5S/c1-6-26-15-8-10-16(11-9-15)28(24,25)22-21-14(5)18-12(3)17(13(4)20-18)19(23)27-7-2/h8-11,20,22H,6-7H2,1-5H3/b21-14+. The van der Waals surface area contributed by atoms with Crippen LogP contribution >= 0.6 is 0 Å². The van der Waals surface area contributed by atoms with Crippen LogP contribution in [0.1, 0.15) is 48.1 Å². The highest BCUT2D eigenvalue weighted by molar-refractivity contribution is 7.89. The first-order valence-corrected chi connectivity index (χ1v) is 10.3. The molecular weight excluding hydrogens is 382 g/mol. The highest BCUT2D eigenvalue weighted by Crippen LogP contribution is 2.20. The zero-order valence-electron chi connectivity index (χ0n) is 16.6. The van der Waals surface area contributed by atoms with Gasteiger partial charge in [-0.15, -0.1) is 0 Å². The van der Waals surface area contributed by atoms with Crippen LogP contribution in [0.15, 0.2) is 34.3 Å². The van der Waals surface area contributed by atoms with Gasteiger partial charge in [-0.05, 0) is 64.4 Å². The number of esters is 1. The fourth-order valence-corrected chi connectivity index (χ4v) is 3.60. The number of carbonyl (C=O) groups is 1. The number of H-pyrrole nitrogens is 1. The van der Waals surface area contributed by atoms with E-state index in [9.17, 15) is 13.2 Å². The van der Waals surface area contributed by atoms with Gasteiger partial charge < -0.3 is 14.5 Å². The van der Waals surface area contributed by atoms with Crippen LogP contribution in [0.3, 0.4) is 0 Å². The van der Waals surface area contributed by atoms with Gasteiger partial charge in [0.25, 0.3) is 10.0 Å². The zero-order chi connectivity index (χ0) is 20.9. The number of aromatic amines is 1. The Balaban J connectivity index is 2.24. The number of ether oxygens (including phenoxy) is 2. The number of benzene rings is 1. The number of sulfonamides is 1. The van der Waals surface area contributed by atoms with Crippen LogP contribution in [-0.4, -0.2) is 38.3 Å². The molecule has 0 unspecified atom stereocenters. The number of hydrazone groups is 1. The molecule has 2 N–H and O–H groups in total. The summed E-state index contributed by atoms with van der Waals surface area (Å²) in [5.41, 5.74) is 2.67. The molecule has 0 aliphatic rings. The zero-order valence-corrected chi connectivity index (χ0v) is 17.4. The summed E-state index contributed by atoms with van der Waals surface area (Å²) in [5.74, 6) is 0.160. The summed E-state index contributed by atoms with van der Waals surface area (Å²) in [6.07, 6.45) is 0. The van der Waals surface area contributed by atoms with Gasteiger partial charge in [-0.25, -0.2) is 4.79 Å². The third kappa shape index (κ3) is 4.72. The van der Waals surface area contributed by atoms with Crippen molar-refractivity contribution in [2.24, 2.45) is 5.10 Å². The molecule has 0 aliphatic carbocycles. The van der Waals surface area contributed by atoms with Gasteiger partial charge in [-0.2, -0.15) is 18.4 Å². The van der Waals surface area contributed by atoms with E-state index in [1.165, 1.54) is 12.1 Å². The molecule has 2 rings (SSSR count). The maximum absolute atomic E-state index is 12.4. The lowest BCUT2D eigenvalue weighted by molar-refractivity contribution is 0.0525. The van der Waals surface area contributed by atoms with Crippen molar-refractivity contribution in [3.63, 3.8) is 0 Å². The van der Waals surface area contributed by atoms with Crippen molar-refractivity contribution >= 4 is 21.7 Å². The first-order chi connectivity index (χ1) is 13.2. The van der Waals surface area contributed by atoms with Crippen LogP contribution < -0.4 is 9.57 Å². The average Bonchev–Trinajstić information content (AvgIpc) is 2.95. The van der Waals surface area contributed by atoms with Gasteiger partial charge in [0.1, 0.15) is 5.75 Å². The monoisotopic (exact) mass is 407 g/mol. The number of aryl methyl sites for hydroxylation is 1. The minimum Gasteiger partial charge on any atom is -0.494 e. The Morgan fingerprint density at radius 2 is 1.79 bits per heavy atom. The Labute approximate surface area is 165 Å². The van der Waals surface area contributed by atoms with E-state index in [0.717, 1.165) is 0 Å². The van der Waals surface area contributed by atoms with Crippen LogP contribution in [0, 0.1) is 13.8 Å². The van der Waals surface area contributed by atoms with Gasteiger partial charge in [-0.3, -0.25) is 0 Å². The quantitative estimate of drug-likeness (QED) is 0.397. The van der Waals surface area contributed by atoms with Crippen molar-refractivity contribution < 1.29 is 22.7 Å². The number of nitrogens with one attached hydrogen (secondary N) is 2. The van der Waals surface area contributed by atoms with Crippen LogP contribution in [0.5, 0.6) is 5.75 Å². The number of rotatable bonds is 8. The fraction of sp³-hybridized carbons (Fsp3) is 0.368. The van der Waals surface area contributed by atoms with Crippen LogP contribution in [0.25, 0.3) is 0 Å². The van der Waals surface area contributed by atoms with Crippen LogP contribution in [0.4, 0.5) is 0 Å². The number of hydrogen-bond donors (Lipinski definition) is 2. The van der Waals surface area contributed by atoms with Gasteiger partial charge in [0.05, 0.1) is 35.1 Å². The minimum absolute atomic E-state index is 0.0686. The number of hydrogen-bond acceptors (Lipinski definition) is 6. The normalized spacial score (nSPS) is 12.0. The highest BCUT2D eigenvalue weighted by atomic mass is 32.2. The van der Waals surface area contributed by atoms with Crippen molar-refractivity contribution in [3.05, 3.63) is 46.8 Å². The lowest BCUT2D eigenvalue weighted by atomic mass is 10.1. The second-order valence-electron chi connectivity index (χ2n) is 6.04. The summed E-state index contributed by atoms with van der Waals surface area (Å²) >= 11 is 0. The van der Waals surface area contributed by atoms with Crippen molar-refractivity contribution in [2.45, 2.75) is 39.5 Å². The molecule has 0 atom stereocenters. The second-order valence-corrected chi connectivity index (χ2v) is 7.70. The fourth-order valence-electron chi connectivity index (χ4n) is 2.74. The summed E-state index contributed by atoms with van der Waals surface area (Å²) in [5, 5.41) is 3.99. The molecule has 0 bridgehead atoms. The minimum atomic E-state index is -3.83. The Morgan fingerprint density at radius 3 is 2.36 bits per heavy atom. The third-order valence-corrected chi connectivity index (χ3v) is 5.28. The van der Waals surface area contributed by atoms with Crippen molar-refractivity contribution in [1.29, 1.82) is 0 Å². The smallest absolute Gasteiger partial charge is 0.340 e. The summed E-state index contributed by atoms with van der Waals surface area (Å²) in [4.78, 5) is 17.4. The SMILES string of the molecule is CCOC(=O)c1c(C)[nH]c(/C(C)=N/NS(=O)(=O)c2ccc(OCC)cc2)c1C. The molecule has 1 heterocycles. The number of nitrogens with zero attached hydrogens (tertiary/aromatic N) is 1. The largest absolute Gasteiger partial charge is 0.494 e. The van der Waals surface area contributed by atoms with E-state index in [2.05, 4.69) is 14.9 Å². The molecular formula is C19H25N3O5S. The summed E-state index contributed by atoms with van der Waals surface area (Å²) in [6, 6.07) is 6.06. The Hall–Kier alpha value is -2.81. The van der Waals surface area contributed by atoms with E-state index in [1.807, 2.05) is 6.92 Å². The summed E-state index contributed by atoms with van der Waals surface area (Å²) < 4.78 is 35.3.